The van der Waals surface area contributed by atoms with Crippen LogP contribution in [0, 0.1) is 6.92 Å². The molecule has 0 fully saturated rings. The van der Waals surface area contributed by atoms with E-state index in [1.54, 1.807) is 25.2 Å². The smallest absolute Gasteiger partial charge is 0.241 e. The van der Waals surface area contributed by atoms with Crippen molar-refractivity contribution in [1.82, 2.24) is 19.4 Å². The first-order valence-electron chi connectivity index (χ1n) is 8.74. The van der Waals surface area contributed by atoms with Gasteiger partial charge in [-0.05, 0) is 36.1 Å². The van der Waals surface area contributed by atoms with Gasteiger partial charge >= 0.3 is 0 Å². The van der Waals surface area contributed by atoms with Crippen LogP contribution in [0.15, 0.2) is 36.9 Å². The lowest BCUT2D eigenvalue weighted by atomic mass is 10.0. The van der Waals surface area contributed by atoms with Gasteiger partial charge in [0, 0.05) is 50.0 Å². The Bertz CT molecular complexity index is 943. The molecule has 3 aromatic rings. The van der Waals surface area contributed by atoms with Gasteiger partial charge in [0.25, 0.3) is 0 Å². The summed E-state index contributed by atoms with van der Waals surface area (Å²) >= 11 is 0. The number of likely N-dealkylation sites (N-methyl/N-ethyl adjacent to an activating group) is 1. The lowest BCUT2D eigenvalue weighted by molar-refractivity contribution is -0.129. The number of nitrogens with zero attached hydrogens (tertiary/aromatic N) is 4. The van der Waals surface area contributed by atoms with E-state index in [9.17, 15) is 4.79 Å². The van der Waals surface area contributed by atoms with Crippen molar-refractivity contribution < 1.29 is 4.79 Å². The van der Waals surface area contributed by atoms with Crippen LogP contribution in [0.4, 0.5) is 11.5 Å². The molecule has 1 N–H and O–H groups in total. The quantitative estimate of drug-likeness (QED) is 0.761. The average Bonchev–Trinajstić information content (AvgIpc) is 3.00. The largest absolute Gasteiger partial charge is 0.347 e. The zero-order chi connectivity index (χ0) is 18.8. The highest BCUT2D eigenvalue weighted by Gasteiger charge is 2.14. The molecule has 3 aromatic heterocycles. The van der Waals surface area contributed by atoms with Crippen LogP contribution in [0.2, 0.25) is 0 Å². The molecule has 0 radical (unpaired) electrons. The standard InChI is InChI=1S/C20H25N5O/c1-13(2)16-11-21-10-14(3)19(16)23-20-15-7-9-25(12-18(26)24(4)5)17(15)6-8-22-20/h6-11,13H,12H2,1-5H3,(H,21,22,23). The summed E-state index contributed by atoms with van der Waals surface area (Å²) in [5, 5.41) is 4.49. The lowest BCUT2D eigenvalue weighted by Crippen LogP contribution is -2.25. The molecule has 0 atom stereocenters. The zero-order valence-corrected chi connectivity index (χ0v) is 15.9. The summed E-state index contributed by atoms with van der Waals surface area (Å²) in [4.78, 5) is 22.5. The number of carbonyl (C=O) groups excluding carboxylic acids is 1. The van der Waals surface area contributed by atoms with Crippen molar-refractivity contribution in [1.29, 1.82) is 0 Å². The number of pyridine rings is 2. The van der Waals surface area contributed by atoms with Crippen molar-refractivity contribution in [2.45, 2.75) is 33.2 Å². The number of hydrogen-bond acceptors (Lipinski definition) is 4. The number of rotatable bonds is 5. The van der Waals surface area contributed by atoms with Crippen molar-refractivity contribution in [3.8, 4) is 0 Å². The minimum Gasteiger partial charge on any atom is -0.347 e. The van der Waals surface area contributed by atoms with Gasteiger partial charge < -0.3 is 14.8 Å². The molecule has 0 unspecified atom stereocenters. The highest BCUT2D eigenvalue weighted by molar-refractivity contribution is 5.93. The Morgan fingerprint density at radius 2 is 2.04 bits per heavy atom. The van der Waals surface area contributed by atoms with Crippen LogP contribution in [0.5, 0.6) is 0 Å². The van der Waals surface area contributed by atoms with E-state index in [1.165, 1.54) is 0 Å². The number of carbonyl (C=O) groups is 1. The minimum absolute atomic E-state index is 0.0564. The van der Waals surface area contributed by atoms with Crippen molar-refractivity contribution in [3.63, 3.8) is 0 Å². The minimum atomic E-state index is 0.0564. The Morgan fingerprint density at radius 1 is 1.27 bits per heavy atom. The first-order chi connectivity index (χ1) is 12.4. The average molecular weight is 351 g/mol. The van der Waals surface area contributed by atoms with Gasteiger partial charge in [0.2, 0.25) is 5.91 Å². The molecule has 1 amide bonds. The van der Waals surface area contributed by atoms with E-state index >= 15 is 0 Å². The fourth-order valence-corrected chi connectivity index (χ4v) is 2.96. The highest BCUT2D eigenvalue weighted by atomic mass is 16.2. The van der Waals surface area contributed by atoms with E-state index in [1.807, 2.05) is 42.2 Å². The van der Waals surface area contributed by atoms with Crippen LogP contribution in [-0.4, -0.2) is 39.4 Å². The number of aryl methyl sites for hydroxylation is 1. The van der Waals surface area contributed by atoms with E-state index in [2.05, 4.69) is 29.1 Å². The molecule has 0 aromatic carbocycles. The van der Waals surface area contributed by atoms with Gasteiger partial charge in [0.15, 0.2) is 0 Å². The monoisotopic (exact) mass is 351 g/mol. The van der Waals surface area contributed by atoms with Gasteiger partial charge in [-0.3, -0.25) is 9.78 Å². The van der Waals surface area contributed by atoms with E-state index in [0.29, 0.717) is 12.5 Å². The van der Waals surface area contributed by atoms with Crippen LogP contribution in [0.25, 0.3) is 10.9 Å². The van der Waals surface area contributed by atoms with E-state index in [0.717, 1.165) is 33.5 Å². The van der Waals surface area contributed by atoms with Crippen LogP contribution >= 0.6 is 0 Å². The maximum atomic E-state index is 12.1. The van der Waals surface area contributed by atoms with Crippen molar-refractivity contribution in [2.24, 2.45) is 0 Å². The van der Waals surface area contributed by atoms with Crippen LogP contribution in [0.3, 0.4) is 0 Å². The van der Waals surface area contributed by atoms with Crippen molar-refractivity contribution in [3.05, 3.63) is 48.0 Å². The number of aromatic nitrogens is 3. The zero-order valence-electron chi connectivity index (χ0n) is 15.9. The predicted octanol–water partition coefficient (Wildman–Crippen LogP) is 3.69. The molecule has 136 valence electrons. The Morgan fingerprint density at radius 3 is 2.73 bits per heavy atom. The summed E-state index contributed by atoms with van der Waals surface area (Å²) < 4.78 is 1.95. The summed E-state index contributed by atoms with van der Waals surface area (Å²) in [7, 11) is 3.53. The molecule has 0 saturated carbocycles. The number of fused-ring (bicyclic) bond motifs is 1. The van der Waals surface area contributed by atoms with Gasteiger partial charge in [-0.1, -0.05) is 13.8 Å². The second-order valence-electron chi connectivity index (χ2n) is 7.02. The van der Waals surface area contributed by atoms with Crippen LogP contribution < -0.4 is 5.32 Å². The third kappa shape index (κ3) is 3.40. The fraction of sp³-hybridized carbons (Fsp3) is 0.350. The maximum absolute atomic E-state index is 12.1. The van der Waals surface area contributed by atoms with Gasteiger partial charge in [0.1, 0.15) is 12.4 Å². The molecule has 3 heterocycles. The molecule has 0 aliphatic rings. The Kier molecular flexibility index (Phi) is 4.93. The molecule has 0 spiro atoms. The molecule has 26 heavy (non-hydrogen) atoms. The topological polar surface area (TPSA) is 63.1 Å². The normalized spacial score (nSPS) is 11.2. The van der Waals surface area contributed by atoms with Crippen molar-refractivity contribution >= 4 is 28.3 Å². The first kappa shape index (κ1) is 17.9. The molecule has 6 heteroatoms. The highest BCUT2D eigenvalue weighted by Crippen LogP contribution is 2.31. The van der Waals surface area contributed by atoms with E-state index in [-0.39, 0.29) is 5.91 Å². The second-order valence-corrected chi connectivity index (χ2v) is 7.02. The predicted molar refractivity (Wildman–Crippen MR) is 105 cm³/mol. The van der Waals surface area contributed by atoms with Gasteiger partial charge in [-0.15, -0.1) is 0 Å². The molecule has 3 rings (SSSR count). The fourth-order valence-electron chi connectivity index (χ4n) is 2.96. The summed E-state index contributed by atoms with van der Waals surface area (Å²) in [5.74, 6) is 1.20. The number of hydrogen-bond donors (Lipinski definition) is 1. The molecule has 0 bridgehead atoms. The van der Waals surface area contributed by atoms with Crippen molar-refractivity contribution in [2.75, 3.05) is 19.4 Å². The number of anilines is 2. The number of nitrogens with one attached hydrogen (secondary N) is 1. The Hall–Kier alpha value is -2.89. The van der Waals surface area contributed by atoms with Gasteiger partial charge in [-0.2, -0.15) is 0 Å². The lowest BCUT2D eigenvalue weighted by Gasteiger charge is -2.17. The van der Waals surface area contributed by atoms with E-state index < -0.39 is 0 Å². The first-order valence-corrected chi connectivity index (χ1v) is 8.74. The summed E-state index contributed by atoms with van der Waals surface area (Å²) in [6.07, 6.45) is 7.46. The van der Waals surface area contributed by atoms with Gasteiger partial charge in [-0.25, -0.2) is 4.98 Å². The third-order valence-electron chi connectivity index (χ3n) is 4.53. The van der Waals surface area contributed by atoms with Crippen LogP contribution in [0.1, 0.15) is 30.9 Å². The summed E-state index contributed by atoms with van der Waals surface area (Å²) in [6.45, 7) is 6.66. The number of amides is 1. The maximum Gasteiger partial charge on any atom is 0.241 e. The summed E-state index contributed by atoms with van der Waals surface area (Å²) in [6, 6.07) is 3.94. The van der Waals surface area contributed by atoms with Gasteiger partial charge in [0.05, 0.1) is 5.52 Å². The Labute approximate surface area is 153 Å². The Balaban J connectivity index is 2.01. The summed E-state index contributed by atoms with van der Waals surface area (Å²) in [5.41, 5.74) is 4.27. The molecule has 0 aliphatic carbocycles. The molecule has 0 saturated heterocycles. The van der Waals surface area contributed by atoms with E-state index in [4.69, 9.17) is 0 Å². The third-order valence-corrected chi connectivity index (χ3v) is 4.53. The van der Waals surface area contributed by atoms with Crippen LogP contribution in [-0.2, 0) is 11.3 Å². The second kappa shape index (κ2) is 7.15. The molecular weight excluding hydrogens is 326 g/mol. The SMILES string of the molecule is Cc1cncc(C(C)C)c1Nc1nccc2c1ccn2CC(=O)N(C)C. The molecular formula is C20H25N5O. The molecule has 0 aliphatic heterocycles. The molecule has 6 nitrogen and oxygen atoms in total.